The van der Waals surface area contributed by atoms with Crippen LogP contribution < -0.4 is 4.90 Å². The Hall–Kier alpha value is -2.18. The molecule has 0 spiro atoms. The number of carboxylic acid groups (broad SMARTS) is 1. The molecule has 1 aromatic heterocycles. The minimum Gasteiger partial charge on any atom is -0.477 e. The van der Waals surface area contributed by atoms with Crippen LogP contribution in [0.4, 0.5) is 11.5 Å². The molecule has 0 saturated carbocycles. The van der Waals surface area contributed by atoms with E-state index in [2.05, 4.69) is 4.98 Å². The SMILES string of the molecule is CCN(C)c1cc(C(=O)O)c([N+](=O)[O-])cn1. The van der Waals surface area contributed by atoms with Gasteiger partial charge in [-0.1, -0.05) is 0 Å². The fourth-order valence-electron chi connectivity index (χ4n) is 1.12. The van der Waals surface area contributed by atoms with E-state index < -0.39 is 16.6 Å². The Morgan fingerprint density at radius 2 is 2.31 bits per heavy atom. The first-order chi connectivity index (χ1) is 7.47. The first-order valence-electron chi connectivity index (χ1n) is 4.56. The van der Waals surface area contributed by atoms with Gasteiger partial charge in [0.1, 0.15) is 17.6 Å². The number of anilines is 1. The van der Waals surface area contributed by atoms with Crippen LogP contribution in [0, 0.1) is 10.1 Å². The fourth-order valence-corrected chi connectivity index (χ4v) is 1.12. The van der Waals surface area contributed by atoms with Crippen molar-refractivity contribution in [2.45, 2.75) is 6.92 Å². The molecule has 0 bridgehead atoms. The van der Waals surface area contributed by atoms with E-state index in [0.717, 1.165) is 6.20 Å². The lowest BCUT2D eigenvalue weighted by molar-refractivity contribution is -0.385. The van der Waals surface area contributed by atoms with Gasteiger partial charge in [0.05, 0.1) is 4.92 Å². The van der Waals surface area contributed by atoms with Gasteiger partial charge in [-0.3, -0.25) is 10.1 Å². The molecule has 0 amide bonds. The monoisotopic (exact) mass is 225 g/mol. The molecular formula is C9H11N3O4. The molecule has 86 valence electrons. The van der Waals surface area contributed by atoms with Crippen molar-refractivity contribution in [3.05, 3.63) is 27.9 Å². The van der Waals surface area contributed by atoms with Crippen molar-refractivity contribution in [3.63, 3.8) is 0 Å². The number of aromatic nitrogens is 1. The summed E-state index contributed by atoms with van der Waals surface area (Å²) < 4.78 is 0. The minimum absolute atomic E-state index is 0.352. The molecule has 0 aromatic carbocycles. The Balaban J connectivity index is 3.28. The highest BCUT2D eigenvalue weighted by Crippen LogP contribution is 2.21. The van der Waals surface area contributed by atoms with Crippen LogP contribution >= 0.6 is 0 Å². The third-order valence-corrected chi connectivity index (χ3v) is 2.16. The lowest BCUT2D eigenvalue weighted by Crippen LogP contribution is -2.18. The van der Waals surface area contributed by atoms with Crippen LogP contribution in [-0.4, -0.2) is 34.6 Å². The number of hydrogen-bond donors (Lipinski definition) is 1. The Kier molecular flexibility index (Phi) is 3.39. The van der Waals surface area contributed by atoms with Crippen LogP contribution in [0.2, 0.25) is 0 Å². The van der Waals surface area contributed by atoms with Gasteiger partial charge >= 0.3 is 11.7 Å². The third kappa shape index (κ3) is 2.25. The van der Waals surface area contributed by atoms with Gasteiger partial charge in [-0.15, -0.1) is 0 Å². The zero-order valence-corrected chi connectivity index (χ0v) is 8.88. The molecule has 1 rings (SSSR count). The minimum atomic E-state index is -1.33. The maximum atomic E-state index is 10.8. The van der Waals surface area contributed by atoms with E-state index in [1.165, 1.54) is 6.07 Å². The topological polar surface area (TPSA) is 96.6 Å². The fraction of sp³-hybridized carbons (Fsp3) is 0.333. The summed E-state index contributed by atoms with van der Waals surface area (Å²) >= 11 is 0. The number of rotatable bonds is 4. The molecule has 0 aliphatic rings. The standard InChI is InChI=1S/C9H11N3O4/c1-3-11(2)8-4-6(9(13)14)7(5-10-8)12(15)16/h4-5H,3H2,1-2H3,(H,13,14). The summed E-state index contributed by atoms with van der Waals surface area (Å²) in [6, 6.07) is 1.20. The van der Waals surface area contributed by atoms with E-state index in [4.69, 9.17) is 5.11 Å². The molecule has 7 heteroatoms. The number of nitrogens with zero attached hydrogens (tertiary/aromatic N) is 3. The van der Waals surface area contributed by atoms with E-state index in [1.54, 1.807) is 11.9 Å². The summed E-state index contributed by atoms with van der Waals surface area (Å²) in [6.45, 7) is 2.49. The van der Waals surface area contributed by atoms with Crippen LogP contribution in [0.5, 0.6) is 0 Å². The molecule has 0 fully saturated rings. The molecule has 1 heterocycles. The molecular weight excluding hydrogens is 214 g/mol. The summed E-state index contributed by atoms with van der Waals surface area (Å²) in [6.07, 6.45) is 0.963. The zero-order valence-electron chi connectivity index (χ0n) is 8.88. The van der Waals surface area contributed by atoms with Gasteiger partial charge in [0.25, 0.3) is 0 Å². The van der Waals surface area contributed by atoms with Crippen molar-refractivity contribution >= 4 is 17.5 Å². The highest BCUT2D eigenvalue weighted by atomic mass is 16.6. The number of hydrogen-bond acceptors (Lipinski definition) is 5. The van der Waals surface area contributed by atoms with Crippen molar-refractivity contribution in [3.8, 4) is 0 Å². The van der Waals surface area contributed by atoms with E-state index >= 15 is 0 Å². The largest absolute Gasteiger partial charge is 0.477 e. The van der Waals surface area contributed by atoms with Gasteiger partial charge in [0, 0.05) is 19.7 Å². The predicted octanol–water partition coefficient (Wildman–Crippen LogP) is 1.14. The quantitative estimate of drug-likeness (QED) is 0.609. The molecule has 1 aromatic rings. The average Bonchev–Trinajstić information content (AvgIpc) is 2.26. The zero-order chi connectivity index (χ0) is 12.3. The Bertz CT molecular complexity index is 433. The van der Waals surface area contributed by atoms with E-state index in [9.17, 15) is 14.9 Å². The molecule has 16 heavy (non-hydrogen) atoms. The average molecular weight is 225 g/mol. The third-order valence-electron chi connectivity index (χ3n) is 2.16. The highest BCUT2D eigenvalue weighted by Gasteiger charge is 2.21. The lowest BCUT2D eigenvalue weighted by atomic mass is 10.2. The maximum absolute atomic E-state index is 10.8. The van der Waals surface area contributed by atoms with Crippen LogP contribution in [-0.2, 0) is 0 Å². The van der Waals surface area contributed by atoms with E-state index in [-0.39, 0.29) is 5.56 Å². The van der Waals surface area contributed by atoms with Gasteiger partial charge < -0.3 is 10.0 Å². The number of carbonyl (C=O) groups is 1. The van der Waals surface area contributed by atoms with Crippen molar-refractivity contribution in [2.75, 3.05) is 18.5 Å². The van der Waals surface area contributed by atoms with Crippen LogP contribution in [0.3, 0.4) is 0 Å². The number of carboxylic acids is 1. The van der Waals surface area contributed by atoms with Gasteiger partial charge in [-0.2, -0.15) is 0 Å². The normalized spacial score (nSPS) is 9.88. The molecule has 1 N–H and O–H groups in total. The molecule has 0 atom stereocenters. The van der Waals surface area contributed by atoms with Gasteiger partial charge in [0.2, 0.25) is 0 Å². The second-order valence-electron chi connectivity index (χ2n) is 3.14. The van der Waals surface area contributed by atoms with Crippen molar-refractivity contribution in [2.24, 2.45) is 0 Å². The van der Waals surface area contributed by atoms with Crippen molar-refractivity contribution < 1.29 is 14.8 Å². The molecule has 0 saturated heterocycles. The molecule has 0 aliphatic carbocycles. The van der Waals surface area contributed by atoms with Crippen LogP contribution in [0.25, 0.3) is 0 Å². The first-order valence-corrected chi connectivity index (χ1v) is 4.56. The maximum Gasteiger partial charge on any atom is 0.342 e. The number of pyridine rings is 1. The number of aromatic carboxylic acids is 1. The van der Waals surface area contributed by atoms with Crippen LogP contribution in [0.1, 0.15) is 17.3 Å². The van der Waals surface area contributed by atoms with E-state index in [1.807, 2.05) is 6.92 Å². The van der Waals surface area contributed by atoms with Crippen molar-refractivity contribution in [1.82, 2.24) is 4.98 Å². The molecule has 7 nitrogen and oxygen atoms in total. The van der Waals surface area contributed by atoms with Gasteiger partial charge in [-0.05, 0) is 6.92 Å². The Morgan fingerprint density at radius 1 is 1.69 bits per heavy atom. The molecule has 0 radical (unpaired) electrons. The smallest absolute Gasteiger partial charge is 0.342 e. The molecule has 0 aliphatic heterocycles. The molecule has 0 unspecified atom stereocenters. The summed E-state index contributed by atoms with van der Waals surface area (Å²) in [5.41, 5.74) is -0.851. The predicted molar refractivity (Wildman–Crippen MR) is 56.8 cm³/mol. The summed E-state index contributed by atoms with van der Waals surface area (Å²) in [5.74, 6) is -0.939. The first kappa shape index (κ1) is 11.9. The Labute approximate surface area is 91.5 Å². The number of nitro groups is 1. The van der Waals surface area contributed by atoms with Crippen molar-refractivity contribution in [1.29, 1.82) is 0 Å². The highest BCUT2D eigenvalue weighted by molar-refractivity contribution is 5.93. The van der Waals surface area contributed by atoms with Gasteiger partial charge in [0.15, 0.2) is 0 Å². The second-order valence-corrected chi connectivity index (χ2v) is 3.14. The van der Waals surface area contributed by atoms with Crippen LogP contribution in [0.15, 0.2) is 12.3 Å². The Morgan fingerprint density at radius 3 is 2.75 bits per heavy atom. The second kappa shape index (κ2) is 4.56. The summed E-state index contributed by atoms with van der Waals surface area (Å²) in [5, 5.41) is 19.4. The summed E-state index contributed by atoms with van der Waals surface area (Å²) in [4.78, 5) is 26.2. The van der Waals surface area contributed by atoms with E-state index in [0.29, 0.717) is 12.4 Å². The van der Waals surface area contributed by atoms with Gasteiger partial charge in [-0.25, -0.2) is 9.78 Å². The summed E-state index contributed by atoms with van der Waals surface area (Å²) in [7, 11) is 1.72. The lowest BCUT2D eigenvalue weighted by Gasteiger charge is -2.15.